The molecule has 0 amide bonds. The van der Waals surface area contributed by atoms with Crippen LogP contribution >= 0.6 is 0 Å². The van der Waals surface area contributed by atoms with E-state index >= 15 is 0 Å². The Morgan fingerprint density at radius 2 is 1.77 bits per heavy atom. The molecule has 0 fully saturated rings. The zero-order valence-electron chi connectivity index (χ0n) is 14.1. The van der Waals surface area contributed by atoms with Gasteiger partial charge in [-0.05, 0) is 48.0 Å². The Morgan fingerprint density at radius 3 is 2.38 bits per heavy atom. The van der Waals surface area contributed by atoms with Crippen molar-refractivity contribution in [1.82, 2.24) is 9.55 Å². The van der Waals surface area contributed by atoms with Crippen LogP contribution in [0.15, 0.2) is 77.7 Å². The molecule has 0 spiro atoms. The van der Waals surface area contributed by atoms with Gasteiger partial charge in [0, 0.05) is 36.3 Å². The van der Waals surface area contributed by atoms with Crippen molar-refractivity contribution >= 4 is 5.97 Å². The van der Waals surface area contributed by atoms with Crippen LogP contribution < -0.4 is 0 Å². The van der Waals surface area contributed by atoms with Crippen molar-refractivity contribution in [3.63, 3.8) is 0 Å². The Hall–Kier alpha value is -3.60. The Kier molecular flexibility index (Phi) is 3.89. The average molecular weight is 344 g/mol. The summed E-state index contributed by atoms with van der Waals surface area (Å²) in [6.07, 6.45) is 5.16. The molecule has 0 saturated carbocycles. The van der Waals surface area contributed by atoms with Gasteiger partial charge in [0.15, 0.2) is 5.76 Å². The van der Waals surface area contributed by atoms with Gasteiger partial charge in [0.25, 0.3) is 0 Å². The number of carboxylic acids is 1. The normalized spacial score (nSPS) is 10.8. The number of aromatic carboxylic acids is 1. The highest BCUT2D eigenvalue weighted by atomic mass is 16.4. The van der Waals surface area contributed by atoms with E-state index in [1.807, 2.05) is 43.4 Å². The molecule has 4 aromatic rings. The lowest BCUT2D eigenvalue weighted by atomic mass is 10.0. The molecule has 5 heteroatoms. The maximum absolute atomic E-state index is 11.1. The fraction of sp³-hybridized carbons (Fsp3) is 0.0476. The van der Waals surface area contributed by atoms with Crippen molar-refractivity contribution in [2.24, 2.45) is 7.05 Å². The molecule has 5 nitrogen and oxygen atoms in total. The van der Waals surface area contributed by atoms with Gasteiger partial charge in [0.05, 0.1) is 17.5 Å². The molecule has 0 bridgehead atoms. The van der Waals surface area contributed by atoms with Crippen LogP contribution in [-0.2, 0) is 7.05 Å². The third-order valence-corrected chi connectivity index (χ3v) is 4.41. The van der Waals surface area contributed by atoms with Crippen molar-refractivity contribution in [1.29, 1.82) is 0 Å². The third-order valence-electron chi connectivity index (χ3n) is 4.41. The average Bonchev–Trinajstić information content (AvgIpc) is 3.30. The van der Waals surface area contributed by atoms with Gasteiger partial charge < -0.3 is 14.1 Å². The number of carbonyl (C=O) groups is 1. The van der Waals surface area contributed by atoms with Gasteiger partial charge in [0.1, 0.15) is 0 Å². The molecule has 0 radical (unpaired) electrons. The molecule has 0 unspecified atom stereocenters. The molecule has 3 aromatic heterocycles. The van der Waals surface area contributed by atoms with Gasteiger partial charge in [-0.15, -0.1) is 0 Å². The molecular formula is C21H16N2O3. The lowest BCUT2D eigenvalue weighted by Gasteiger charge is -2.08. The number of carboxylic acid groups (broad SMARTS) is 1. The molecule has 0 aliphatic rings. The summed E-state index contributed by atoms with van der Waals surface area (Å²) < 4.78 is 7.72. The van der Waals surface area contributed by atoms with Crippen LogP contribution in [0.3, 0.4) is 0 Å². The fourth-order valence-electron chi connectivity index (χ4n) is 3.13. The molecule has 1 N–H and O–H groups in total. The van der Waals surface area contributed by atoms with Crippen LogP contribution in [0, 0.1) is 0 Å². The highest BCUT2D eigenvalue weighted by Crippen LogP contribution is 2.38. The molecular weight excluding hydrogens is 328 g/mol. The molecule has 0 aliphatic heterocycles. The maximum atomic E-state index is 11.1. The van der Waals surface area contributed by atoms with Crippen molar-refractivity contribution in [3.05, 3.63) is 78.8 Å². The van der Waals surface area contributed by atoms with E-state index in [1.54, 1.807) is 30.8 Å². The molecule has 0 atom stereocenters. The van der Waals surface area contributed by atoms with E-state index in [0.29, 0.717) is 0 Å². The molecule has 4 rings (SSSR count). The van der Waals surface area contributed by atoms with E-state index in [-0.39, 0.29) is 5.56 Å². The number of nitrogens with zero attached hydrogens (tertiary/aromatic N) is 2. The molecule has 128 valence electrons. The first-order chi connectivity index (χ1) is 12.6. The predicted molar refractivity (Wildman–Crippen MR) is 98.7 cm³/mol. The van der Waals surface area contributed by atoms with E-state index in [1.165, 1.54) is 0 Å². The second-order valence-electron chi connectivity index (χ2n) is 5.95. The van der Waals surface area contributed by atoms with Gasteiger partial charge in [-0.1, -0.05) is 12.1 Å². The summed E-state index contributed by atoms with van der Waals surface area (Å²) in [4.78, 5) is 15.2. The minimum Gasteiger partial charge on any atom is -0.478 e. The van der Waals surface area contributed by atoms with Gasteiger partial charge in [-0.25, -0.2) is 4.79 Å². The maximum Gasteiger partial charge on any atom is 0.335 e. The first kappa shape index (κ1) is 15.9. The minimum atomic E-state index is -0.937. The highest BCUT2D eigenvalue weighted by molar-refractivity contribution is 5.90. The van der Waals surface area contributed by atoms with E-state index in [2.05, 4.69) is 15.6 Å². The fourth-order valence-corrected chi connectivity index (χ4v) is 3.13. The van der Waals surface area contributed by atoms with Crippen molar-refractivity contribution in [3.8, 4) is 33.8 Å². The van der Waals surface area contributed by atoms with Crippen molar-refractivity contribution in [2.75, 3.05) is 0 Å². The van der Waals surface area contributed by atoms with Crippen LogP contribution in [0.1, 0.15) is 10.4 Å². The Morgan fingerprint density at radius 1 is 1.04 bits per heavy atom. The quantitative estimate of drug-likeness (QED) is 0.582. The Bertz CT molecular complexity index is 1050. The van der Waals surface area contributed by atoms with E-state index < -0.39 is 5.97 Å². The molecule has 26 heavy (non-hydrogen) atoms. The predicted octanol–water partition coefficient (Wildman–Crippen LogP) is 4.71. The minimum absolute atomic E-state index is 0.263. The SMILES string of the molecule is Cn1c(-c2ccncc2)cc(-c2ccc(C(=O)O)cc2)c1-c1ccco1. The first-order valence-corrected chi connectivity index (χ1v) is 8.13. The summed E-state index contributed by atoms with van der Waals surface area (Å²) in [5, 5.41) is 9.12. The molecule has 0 aliphatic carbocycles. The number of hydrogen-bond acceptors (Lipinski definition) is 3. The topological polar surface area (TPSA) is 68.3 Å². The number of pyridine rings is 1. The van der Waals surface area contributed by atoms with Gasteiger partial charge in [0.2, 0.25) is 0 Å². The summed E-state index contributed by atoms with van der Waals surface area (Å²) in [7, 11) is 1.99. The zero-order valence-corrected chi connectivity index (χ0v) is 14.1. The Labute approximate surface area is 150 Å². The van der Waals surface area contributed by atoms with E-state index in [4.69, 9.17) is 9.52 Å². The van der Waals surface area contributed by atoms with Crippen LogP contribution in [0.4, 0.5) is 0 Å². The number of rotatable bonds is 4. The summed E-state index contributed by atoms with van der Waals surface area (Å²) in [6, 6.07) is 16.6. The van der Waals surface area contributed by atoms with Crippen LogP contribution in [-0.4, -0.2) is 20.6 Å². The van der Waals surface area contributed by atoms with Crippen LogP contribution in [0.25, 0.3) is 33.8 Å². The van der Waals surface area contributed by atoms with E-state index in [0.717, 1.165) is 33.8 Å². The van der Waals surface area contributed by atoms with Gasteiger partial charge in [-0.2, -0.15) is 0 Å². The van der Waals surface area contributed by atoms with Crippen molar-refractivity contribution in [2.45, 2.75) is 0 Å². The second-order valence-corrected chi connectivity index (χ2v) is 5.95. The van der Waals surface area contributed by atoms with Crippen LogP contribution in [0.2, 0.25) is 0 Å². The highest BCUT2D eigenvalue weighted by Gasteiger charge is 2.19. The van der Waals surface area contributed by atoms with Gasteiger partial charge in [-0.3, -0.25) is 4.98 Å². The molecule has 1 aromatic carbocycles. The standard InChI is InChI=1S/C21H16N2O3/c1-23-18(15-8-10-22-11-9-15)13-17(20(23)19-3-2-12-26-19)14-4-6-16(7-5-14)21(24)25/h2-13H,1H3,(H,24,25). The smallest absolute Gasteiger partial charge is 0.335 e. The number of hydrogen-bond donors (Lipinski definition) is 1. The first-order valence-electron chi connectivity index (χ1n) is 8.13. The number of furan rings is 1. The largest absolute Gasteiger partial charge is 0.478 e. The zero-order chi connectivity index (χ0) is 18.1. The summed E-state index contributed by atoms with van der Waals surface area (Å²) in [6.45, 7) is 0. The van der Waals surface area contributed by atoms with Crippen LogP contribution in [0.5, 0.6) is 0 Å². The molecule has 0 saturated heterocycles. The summed E-state index contributed by atoms with van der Waals surface area (Å²) in [5.74, 6) is -0.182. The summed E-state index contributed by atoms with van der Waals surface area (Å²) >= 11 is 0. The second kappa shape index (κ2) is 6.37. The number of benzene rings is 1. The lowest BCUT2D eigenvalue weighted by Crippen LogP contribution is -1.96. The monoisotopic (exact) mass is 344 g/mol. The lowest BCUT2D eigenvalue weighted by molar-refractivity contribution is 0.0697. The number of aromatic nitrogens is 2. The van der Waals surface area contributed by atoms with E-state index in [9.17, 15) is 4.79 Å². The van der Waals surface area contributed by atoms with Gasteiger partial charge >= 0.3 is 5.97 Å². The molecule has 3 heterocycles. The van der Waals surface area contributed by atoms with Crippen molar-refractivity contribution < 1.29 is 14.3 Å². The Balaban J connectivity index is 1.92. The summed E-state index contributed by atoms with van der Waals surface area (Å²) in [5.41, 5.74) is 5.17. The third kappa shape index (κ3) is 2.69.